The number of hydrogen-bond donors (Lipinski definition) is 1. The van der Waals surface area contributed by atoms with Gasteiger partial charge in [-0.2, -0.15) is 5.10 Å². The molecule has 0 aliphatic heterocycles. The molecule has 0 unspecified atom stereocenters. The van der Waals surface area contributed by atoms with Gasteiger partial charge in [0.2, 0.25) is 0 Å². The Labute approximate surface area is 110 Å². The van der Waals surface area contributed by atoms with Crippen LogP contribution in [0, 0.1) is 24.3 Å². The fourth-order valence-corrected chi connectivity index (χ4v) is 1.92. The molecule has 18 heavy (non-hydrogen) atoms. The molecular weight excluding hydrogens is 251 g/mol. The lowest BCUT2D eigenvalue weighted by molar-refractivity contribution is 0.386. The number of rotatable bonds is 2. The summed E-state index contributed by atoms with van der Waals surface area (Å²) < 4.78 is 19.2. The summed E-state index contributed by atoms with van der Waals surface area (Å²) in [6.45, 7) is 3.84. The maximum absolute atomic E-state index is 13.7. The number of aromatic amines is 1. The predicted molar refractivity (Wildman–Crippen MR) is 70.8 cm³/mol. The molecule has 0 amide bonds. The van der Waals surface area contributed by atoms with Crippen molar-refractivity contribution >= 4 is 12.2 Å². The molecule has 0 saturated carbocycles. The maximum atomic E-state index is 13.7. The maximum Gasteiger partial charge on any atom is 0.165 e. The van der Waals surface area contributed by atoms with Crippen LogP contribution in [0.5, 0.6) is 5.75 Å². The molecule has 94 valence electrons. The summed E-state index contributed by atoms with van der Waals surface area (Å²) >= 11 is 5.10. The summed E-state index contributed by atoms with van der Waals surface area (Å²) in [7, 11) is 1.44. The van der Waals surface area contributed by atoms with E-state index >= 15 is 0 Å². The molecule has 3 nitrogen and oxygen atoms in total. The van der Waals surface area contributed by atoms with E-state index in [1.54, 1.807) is 12.1 Å². The number of halogens is 1. The zero-order chi connectivity index (χ0) is 13.3. The molecule has 1 aromatic carbocycles. The summed E-state index contributed by atoms with van der Waals surface area (Å²) in [5.41, 5.74) is 3.29. The van der Waals surface area contributed by atoms with E-state index in [-0.39, 0.29) is 5.75 Å². The van der Waals surface area contributed by atoms with E-state index < -0.39 is 5.82 Å². The topological polar surface area (TPSA) is 37.9 Å². The zero-order valence-corrected chi connectivity index (χ0v) is 11.2. The molecule has 5 heteroatoms. The number of ether oxygens (including phenoxy) is 1. The Bertz CT molecular complexity index is 652. The van der Waals surface area contributed by atoms with Gasteiger partial charge in [-0.25, -0.2) is 4.39 Å². The predicted octanol–water partition coefficient (Wildman–Crippen LogP) is 3.57. The first-order chi connectivity index (χ1) is 8.54. The highest BCUT2D eigenvalue weighted by Crippen LogP contribution is 2.27. The first kappa shape index (κ1) is 12.7. The second-order valence-corrected chi connectivity index (χ2v) is 4.41. The highest BCUT2D eigenvalue weighted by atomic mass is 32.1. The van der Waals surface area contributed by atoms with Crippen molar-refractivity contribution in [2.75, 3.05) is 7.11 Å². The van der Waals surface area contributed by atoms with Crippen molar-refractivity contribution in [2.45, 2.75) is 13.8 Å². The Morgan fingerprint density at radius 3 is 2.61 bits per heavy atom. The van der Waals surface area contributed by atoms with Gasteiger partial charge in [0, 0.05) is 5.56 Å². The minimum Gasteiger partial charge on any atom is -0.494 e. The van der Waals surface area contributed by atoms with Crippen LogP contribution in [0.25, 0.3) is 11.3 Å². The van der Waals surface area contributed by atoms with Crippen LogP contribution in [0.1, 0.15) is 11.1 Å². The van der Waals surface area contributed by atoms with Crippen LogP contribution in [0.4, 0.5) is 4.39 Å². The highest BCUT2D eigenvalue weighted by molar-refractivity contribution is 7.71. The number of aromatic nitrogens is 2. The number of methoxy groups -OCH3 is 1. The smallest absolute Gasteiger partial charge is 0.165 e. The van der Waals surface area contributed by atoms with E-state index in [1.165, 1.54) is 13.2 Å². The first-order valence-electron chi connectivity index (χ1n) is 5.44. The third kappa shape index (κ3) is 2.13. The van der Waals surface area contributed by atoms with Gasteiger partial charge in [-0.1, -0.05) is 12.2 Å². The Morgan fingerprint density at radius 1 is 1.28 bits per heavy atom. The zero-order valence-electron chi connectivity index (χ0n) is 10.4. The second kappa shape index (κ2) is 4.86. The number of hydrogen-bond acceptors (Lipinski definition) is 3. The quantitative estimate of drug-likeness (QED) is 0.843. The van der Waals surface area contributed by atoms with E-state index in [2.05, 4.69) is 10.2 Å². The van der Waals surface area contributed by atoms with Crippen LogP contribution >= 0.6 is 12.2 Å². The van der Waals surface area contributed by atoms with Crippen molar-refractivity contribution in [3.8, 4) is 17.0 Å². The molecule has 2 rings (SSSR count). The summed E-state index contributed by atoms with van der Waals surface area (Å²) in [5, 5.41) is 6.94. The first-order valence-corrected chi connectivity index (χ1v) is 5.85. The molecule has 0 fully saturated rings. The minimum absolute atomic E-state index is 0.219. The van der Waals surface area contributed by atoms with E-state index in [0.717, 1.165) is 11.1 Å². The van der Waals surface area contributed by atoms with E-state index in [4.69, 9.17) is 17.0 Å². The van der Waals surface area contributed by atoms with Crippen LogP contribution in [0.3, 0.4) is 0 Å². The standard InChI is InChI=1S/C13H13FN2OS/c1-7-8(2)13(18)16-15-12(7)9-4-5-11(17-3)10(14)6-9/h4-6H,1-3H3,(H,16,18). The van der Waals surface area contributed by atoms with Crippen molar-refractivity contribution in [1.29, 1.82) is 0 Å². The van der Waals surface area contributed by atoms with Crippen LogP contribution in [-0.4, -0.2) is 17.3 Å². The largest absolute Gasteiger partial charge is 0.494 e. The number of nitrogens with one attached hydrogen (secondary N) is 1. The monoisotopic (exact) mass is 264 g/mol. The number of H-pyrrole nitrogens is 1. The van der Waals surface area contributed by atoms with Crippen molar-refractivity contribution in [3.63, 3.8) is 0 Å². The molecule has 0 aliphatic carbocycles. The van der Waals surface area contributed by atoms with Gasteiger partial charge < -0.3 is 4.74 Å². The van der Waals surface area contributed by atoms with Crippen LogP contribution in [0.15, 0.2) is 18.2 Å². The summed E-state index contributed by atoms with van der Waals surface area (Å²) in [6.07, 6.45) is 0. The molecule has 0 aliphatic rings. The Morgan fingerprint density at radius 2 is 2.00 bits per heavy atom. The Balaban J connectivity index is 2.59. The van der Waals surface area contributed by atoms with Crippen molar-refractivity contribution < 1.29 is 9.13 Å². The van der Waals surface area contributed by atoms with Gasteiger partial charge in [-0.3, -0.25) is 5.10 Å². The summed E-state index contributed by atoms with van der Waals surface area (Å²) in [4.78, 5) is 0. The third-order valence-electron chi connectivity index (χ3n) is 2.95. The molecule has 0 saturated heterocycles. The van der Waals surface area contributed by atoms with Gasteiger partial charge in [-0.05, 0) is 43.2 Å². The Kier molecular flexibility index (Phi) is 3.43. The van der Waals surface area contributed by atoms with Crippen LogP contribution < -0.4 is 4.74 Å². The van der Waals surface area contributed by atoms with Gasteiger partial charge in [-0.15, -0.1) is 0 Å². The SMILES string of the molecule is COc1ccc(-c2n[nH]c(=S)c(C)c2C)cc1F. The lowest BCUT2D eigenvalue weighted by Crippen LogP contribution is -1.97. The van der Waals surface area contributed by atoms with Gasteiger partial charge in [0.25, 0.3) is 0 Å². The van der Waals surface area contributed by atoms with Crippen molar-refractivity contribution in [1.82, 2.24) is 10.2 Å². The molecule has 2 aromatic rings. The van der Waals surface area contributed by atoms with Crippen LogP contribution in [0.2, 0.25) is 0 Å². The average Bonchev–Trinajstić information content (AvgIpc) is 2.36. The van der Waals surface area contributed by atoms with Crippen molar-refractivity contribution in [3.05, 3.63) is 39.8 Å². The average molecular weight is 264 g/mol. The molecule has 1 aromatic heterocycles. The minimum atomic E-state index is -0.406. The lowest BCUT2D eigenvalue weighted by atomic mass is 10.0. The molecule has 1 N–H and O–H groups in total. The van der Waals surface area contributed by atoms with Gasteiger partial charge in [0.1, 0.15) is 4.64 Å². The number of nitrogens with zero attached hydrogens (tertiary/aromatic N) is 1. The highest BCUT2D eigenvalue weighted by Gasteiger charge is 2.10. The molecular formula is C13H13FN2OS. The van der Waals surface area contributed by atoms with E-state index in [1.807, 2.05) is 13.8 Å². The third-order valence-corrected chi connectivity index (χ3v) is 3.35. The molecule has 1 heterocycles. The molecule has 0 atom stereocenters. The number of benzene rings is 1. The van der Waals surface area contributed by atoms with E-state index in [9.17, 15) is 4.39 Å². The van der Waals surface area contributed by atoms with Gasteiger partial charge >= 0.3 is 0 Å². The molecule has 0 bridgehead atoms. The van der Waals surface area contributed by atoms with Crippen molar-refractivity contribution in [2.24, 2.45) is 0 Å². The Hall–Kier alpha value is -1.75. The summed E-state index contributed by atoms with van der Waals surface area (Å²) in [5.74, 6) is -0.187. The lowest BCUT2D eigenvalue weighted by Gasteiger charge is -2.09. The van der Waals surface area contributed by atoms with Gasteiger partial charge in [0.05, 0.1) is 12.8 Å². The second-order valence-electron chi connectivity index (χ2n) is 4.00. The van der Waals surface area contributed by atoms with E-state index in [0.29, 0.717) is 15.9 Å². The summed E-state index contributed by atoms with van der Waals surface area (Å²) in [6, 6.07) is 4.76. The fourth-order valence-electron chi connectivity index (χ4n) is 1.72. The molecule has 0 radical (unpaired) electrons. The fraction of sp³-hybridized carbons (Fsp3) is 0.231. The van der Waals surface area contributed by atoms with Crippen LogP contribution in [-0.2, 0) is 0 Å². The van der Waals surface area contributed by atoms with Gasteiger partial charge in [0.15, 0.2) is 11.6 Å². The molecule has 0 spiro atoms. The normalized spacial score (nSPS) is 10.4.